The van der Waals surface area contributed by atoms with E-state index in [1.165, 1.54) is 25.7 Å². The molecule has 0 radical (unpaired) electrons. The number of nitrogens with one attached hydrogen (secondary N) is 1. The Labute approximate surface area is 78.5 Å². The minimum absolute atomic E-state index is 0.889. The third-order valence-electron chi connectivity index (χ3n) is 2.72. The Morgan fingerprint density at radius 3 is 3.00 bits per heavy atom. The standard InChI is InChI=1S/C10H16N2O/c1-2-4-9(3-1)5-11-6-10-7-12-13-8-10/h7-9,11H,1-6H2. The van der Waals surface area contributed by atoms with Crippen molar-refractivity contribution in [2.24, 2.45) is 5.92 Å². The molecular weight excluding hydrogens is 164 g/mol. The topological polar surface area (TPSA) is 38.1 Å². The summed E-state index contributed by atoms with van der Waals surface area (Å²) in [5, 5.41) is 7.09. The summed E-state index contributed by atoms with van der Waals surface area (Å²) in [5.74, 6) is 0.903. The molecule has 3 heteroatoms. The maximum Gasteiger partial charge on any atom is 0.128 e. The maximum absolute atomic E-state index is 4.75. The van der Waals surface area contributed by atoms with Crippen LogP contribution in [0, 0.1) is 5.92 Å². The lowest BCUT2D eigenvalue weighted by Crippen LogP contribution is -2.20. The Kier molecular flexibility index (Phi) is 2.98. The molecule has 1 heterocycles. The van der Waals surface area contributed by atoms with E-state index < -0.39 is 0 Å². The van der Waals surface area contributed by atoms with Crippen LogP contribution in [0.25, 0.3) is 0 Å². The van der Waals surface area contributed by atoms with Crippen molar-refractivity contribution in [3.63, 3.8) is 0 Å². The van der Waals surface area contributed by atoms with Crippen LogP contribution >= 0.6 is 0 Å². The minimum atomic E-state index is 0.889. The van der Waals surface area contributed by atoms with Gasteiger partial charge in [0.2, 0.25) is 0 Å². The monoisotopic (exact) mass is 180 g/mol. The van der Waals surface area contributed by atoms with Crippen LogP contribution in [-0.2, 0) is 6.54 Å². The fraction of sp³-hybridized carbons (Fsp3) is 0.700. The molecule has 72 valence electrons. The van der Waals surface area contributed by atoms with Gasteiger partial charge in [0, 0.05) is 12.1 Å². The third-order valence-corrected chi connectivity index (χ3v) is 2.72. The molecule has 1 saturated carbocycles. The summed E-state index contributed by atoms with van der Waals surface area (Å²) in [7, 11) is 0. The summed E-state index contributed by atoms with van der Waals surface area (Å²) in [4.78, 5) is 0. The predicted octanol–water partition coefficient (Wildman–Crippen LogP) is 1.95. The average molecular weight is 180 g/mol. The first-order valence-electron chi connectivity index (χ1n) is 5.04. The van der Waals surface area contributed by atoms with Gasteiger partial charge in [0.05, 0.1) is 6.20 Å². The van der Waals surface area contributed by atoms with Crippen molar-refractivity contribution in [2.45, 2.75) is 32.2 Å². The second-order valence-corrected chi connectivity index (χ2v) is 3.81. The molecule has 1 aromatic heterocycles. The molecule has 0 atom stereocenters. The fourth-order valence-corrected chi connectivity index (χ4v) is 1.95. The first kappa shape index (κ1) is 8.75. The Bertz CT molecular complexity index is 227. The van der Waals surface area contributed by atoms with Crippen LogP contribution in [0.1, 0.15) is 31.2 Å². The highest BCUT2D eigenvalue weighted by molar-refractivity contribution is 4.99. The van der Waals surface area contributed by atoms with E-state index in [0.717, 1.165) is 24.6 Å². The van der Waals surface area contributed by atoms with Crippen molar-refractivity contribution in [1.29, 1.82) is 0 Å². The number of aromatic nitrogens is 1. The predicted molar refractivity (Wildman–Crippen MR) is 50.2 cm³/mol. The van der Waals surface area contributed by atoms with Crippen LogP contribution in [0.3, 0.4) is 0 Å². The van der Waals surface area contributed by atoms with Gasteiger partial charge in [-0.25, -0.2) is 0 Å². The zero-order valence-corrected chi connectivity index (χ0v) is 7.83. The largest absolute Gasteiger partial charge is 0.364 e. The molecule has 0 amide bonds. The van der Waals surface area contributed by atoms with Gasteiger partial charge in [-0.2, -0.15) is 0 Å². The van der Waals surface area contributed by atoms with Crippen LogP contribution in [0.15, 0.2) is 17.0 Å². The van der Waals surface area contributed by atoms with E-state index in [1.807, 2.05) is 0 Å². The van der Waals surface area contributed by atoms with Gasteiger partial charge in [0.1, 0.15) is 6.26 Å². The van der Waals surface area contributed by atoms with Gasteiger partial charge in [0.15, 0.2) is 0 Å². The number of nitrogens with zero attached hydrogens (tertiary/aromatic N) is 1. The molecule has 0 aromatic carbocycles. The molecule has 1 fully saturated rings. The van der Waals surface area contributed by atoms with Crippen molar-refractivity contribution in [2.75, 3.05) is 6.54 Å². The maximum atomic E-state index is 4.75. The highest BCUT2D eigenvalue weighted by atomic mass is 16.5. The lowest BCUT2D eigenvalue weighted by molar-refractivity contribution is 0.418. The molecule has 2 rings (SSSR count). The van der Waals surface area contributed by atoms with E-state index in [1.54, 1.807) is 12.5 Å². The Morgan fingerprint density at radius 2 is 2.31 bits per heavy atom. The smallest absolute Gasteiger partial charge is 0.128 e. The average Bonchev–Trinajstić information content (AvgIpc) is 2.75. The molecule has 0 bridgehead atoms. The third kappa shape index (κ3) is 2.56. The van der Waals surface area contributed by atoms with Gasteiger partial charge in [-0.3, -0.25) is 0 Å². The molecule has 0 saturated heterocycles. The molecule has 1 aromatic rings. The van der Waals surface area contributed by atoms with Crippen molar-refractivity contribution in [1.82, 2.24) is 10.5 Å². The van der Waals surface area contributed by atoms with E-state index in [9.17, 15) is 0 Å². The van der Waals surface area contributed by atoms with Gasteiger partial charge < -0.3 is 9.84 Å². The van der Waals surface area contributed by atoms with Crippen LogP contribution in [0.5, 0.6) is 0 Å². The van der Waals surface area contributed by atoms with E-state index in [0.29, 0.717) is 0 Å². The summed E-state index contributed by atoms with van der Waals surface area (Å²) < 4.78 is 4.75. The number of hydrogen-bond donors (Lipinski definition) is 1. The van der Waals surface area contributed by atoms with Crippen molar-refractivity contribution < 1.29 is 4.52 Å². The van der Waals surface area contributed by atoms with Crippen molar-refractivity contribution in [3.05, 3.63) is 18.0 Å². The zero-order chi connectivity index (χ0) is 8.93. The first-order valence-corrected chi connectivity index (χ1v) is 5.04. The number of hydrogen-bond acceptors (Lipinski definition) is 3. The van der Waals surface area contributed by atoms with Crippen molar-refractivity contribution in [3.8, 4) is 0 Å². The molecule has 3 nitrogen and oxygen atoms in total. The lowest BCUT2D eigenvalue weighted by Gasteiger charge is -2.08. The van der Waals surface area contributed by atoms with Gasteiger partial charge >= 0.3 is 0 Å². The van der Waals surface area contributed by atoms with Crippen LogP contribution < -0.4 is 5.32 Å². The van der Waals surface area contributed by atoms with Crippen LogP contribution in [0.4, 0.5) is 0 Å². The normalized spacial score (nSPS) is 18.2. The summed E-state index contributed by atoms with van der Waals surface area (Å²) >= 11 is 0. The van der Waals surface area contributed by atoms with E-state index in [4.69, 9.17) is 4.52 Å². The van der Waals surface area contributed by atoms with Gasteiger partial charge in [0.25, 0.3) is 0 Å². The fourth-order valence-electron chi connectivity index (χ4n) is 1.95. The zero-order valence-electron chi connectivity index (χ0n) is 7.83. The van der Waals surface area contributed by atoms with Crippen molar-refractivity contribution >= 4 is 0 Å². The van der Waals surface area contributed by atoms with Gasteiger partial charge in [-0.05, 0) is 25.3 Å². The Balaban J connectivity index is 1.63. The lowest BCUT2D eigenvalue weighted by atomic mass is 10.1. The SMILES string of the molecule is c1nocc1CNCC1CCCC1. The van der Waals surface area contributed by atoms with Crippen LogP contribution in [-0.4, -0.2) is 11.7 Å². The van der Waals surface area contributed by atoms with Crippen LogP contribution in [0.2, 0.25) is 0 Å². The Morgan fingerprint density at radius 1 is 1.46 bits per heavy atom. The van der Waals surface area contributed by atoms with E-state index in [2.05, 4.69) is 10.5 Å². The second-order valence-electron chi connectivity index (χ2n) is 3.81. The minimum Gasteiger partial charge on any atom is -0.364 e. The molecule has 1 aliphatic carbocycles. The summed E-state index contributed by atoms with van der Waals surface area (Å²) in [6, 6.07) is 0. The highest BCUT2D eigenvalue weighted by Crippen LogP contribution is 2.23. The Hall–Kier alpha value is -0.830. The molecule has 0 spiro atoms. The molecular formula is C10H16N2O. The molecule has 0 aliphatic heterocycles. The number of rotatable bonds is 4. The van der Waals surface area contributed by atoms with E-state index in [-0.39, 0.29) is 0 Å². The second kappa shape index (κ2) is 4.42. The molecule has 0 unspecified atom stereocenters. The summed E-state index contributed by atoms with van der Waals surface area (Å²) in [6.07, 6.45) is 9.09. The molecule has 1 N–H and O–H groups in total. The highest BCUT2D eigenvalue weighted by Gasteiger charge is 2.13. The quantitative estimate of drug-likeness (QED) is 0.769. The first-order chi connectivity index (χ1) is 6.45. The van der Waals surface area contributed by atoms with Gasteiger partial charge in [-0.15, -0.1) is 0 Å². The summed E-state index contributed by atoms with van der Waals surface area (Å²) in [5.41, 5.74) is 1.14. The summed E-state index contributed by atoms with van der Waals surface area (Å²) in [6.45, 7) is 2.03. The van der Waals surface area contributed by atoms with E-state index >= 15 is 0 Å². The van der Waals surface area contributed by atoms with Gasteiger partial charge in [-0.1, -0.05) is 18.0 Å². The molecule has 13 heavy (non-hydrogen) atoms. The molecule has 1 aliphatic rings.